The number of hydrogen-bond acceptors (Lipinski definition) is 0. The van der Waals surface area contributed by atoms with Crippen LogP contribution in [0.2, 0.25) is 0 Å². The molecule has 5 aromatic rings. The quantitative estimate of drug-likeness (QED) is 0.149. The van der Waals surface area contributed by atoms with Crippen molar-refractivity contribution in [3.8, 4) is 22.3 Å². The van der Waals surface area contributed by atoms with Gasteiger partial charge in [0, 0.05) is 0 Å². The van der Waals surface area contributed by atoms with E-state index in [1.54, 1.807) is 0 Å². The van der Waals surface area contributed by atoms with E-state index in [9.17, 15) is 0 Å². The first kappa shape index (κ1) is 33.0. The predicted octanol–water partition coefficient (Wildman–Crippen LogP) is 10.4. The minimum absolute atomic E-state index is 0.0279. The molecule has 0 saturated heterocycles. The van der Waals surface area contributed by atoms with Gasteiger partial charge in [-0.05, 0) is 0 Å². The van der Waals surface area contributed by atoms with Gasteiger partial charge in [0.05, 0.1) is 0 Å². The van der Waals surface area contributed by atoms with E-state index in [1.807, 2.05) is 0 Å². The molecule has 0 aromatic heterocycles. The summed E-state index contributed by atoms with van der Waals surface area (Å²) in [5, 5.41) is 2.97. The molecular weight excluding hydrogens is 707 g/mol. The van der Waals surface area contributed by atoms with Gasteiger partial charge in [0.1, 0.15) is 0 Å². The predicted molar refractivity (Wildman–Crippen MR) is 207 cm³/mol. The molecule has 0 N–H and O–H groups in total. The maximum atomic E-state index is 8.09. The molecule has 2 aliphatic rings. The SMILES string of the molecule is CC(C)c1cc(-c2c(C(C)(C)C)ccc3c2C=C(c2ccccc2)[CH]3[Zr]([Cl])([Cl])[c]2cccc3c2[SiH2]c2ccccc2-3)cc(C(C)C)c1. The van der Waals surface area contributed by atoms with Gasteiger partial charge in [-0.25, -0.2) is 0 Å². The Morgan fingerprint density at radius 3 is 1.98 bits per heavy atom. The summed E-state index contributed by atoms with van der Waals surface area (Å²) in [7, 11) is 15.5. The first-order valence-corrected chi connectivity index (χ1v) is 27.4. The Labute approximate surface area is 295 Å². The summed E-state index contributed by atoms with van der Waals surface area (Å²) in [6.07, 6.45) is 2.46. The fourth-order valence-electron chi connectivity index (χ4n) is 7.77. The van der Waals surface area contributed by atoms with Gasteiger partial charge >= 0.3 is 298 Å². The van der Waals surface area contributed by atoms with Gasteiger partial charge in [0.15, 0.2) is 0 Å². The number of benzene rings is 5. The van der Waals surface area contributed by atoms with Crippen LogP contribution in [0.4, 0.5) is 0 Å². The maximum absolute atomic E-state index is 8.09. The molecule has 4 heteroatoms. The number of halogens is 2. The molecule has 0 radical (unpaired) electrons. The molecule has 0 spiro atoms. The van der Waals surface area contributed by atoms with Crippen LogP contribution in [0.1, 0.15) is 97.3 Å². The molecule has 0 fully saturated rings. The van der Waals surface area contributed by atoms with Crippen molar-refractivity contribution >= 4 is 51.8 Å². The molecular formula is C43H44Cl2SiZr. The number of rotatable bonds is 6. The van der Waals surface area contributed by atoms with Crippen LogP contribution in [0.15, 0.2) is 103 Å². The van der Waals surface area contributed by atoms with Crippen molar-refractivity contribution in [3.05, 3.63) is 137 Å². The third-order valence-electron chi connectivity index (χ3n) is 10.3. The second-order valence-corrected chi connectivity index (χ2v) is 31.0. The second kappa shape index (κ2) is 12.4. The fourth-order valence-corrected chi connectivity index (χ4v) is 24.2. The monoisotopic (exact) mass is 748 g/mol. The van der Waals surface area contributed by atoms with Gasteiger partial charge in [0.2, 0.25) is 0 Å². The van der Waals surface area contributed by atoms with Crippen LogP contribution in [-0.4, -0.2) is 9.52 Å². The van der Waals surface area contributed by atoms with Gasteiger partial charge in [-0.3, -0.25) is 0 Å². The van der Waals surface area contributed by atoms with Crippen LogP contribution in [0.5, 0.6) is 0 Å². The summed E-state index contributed by atoms with van der Waals surface area (Å²) in [4.78, 5) is 0. The van der Waals surface area contributed by atoms with Gasteiger partial charge in [-0.15, -0.1) is 0 Å². The molecule has 1 unspecified atom stereocenters. The van der Waals surface area contributed by atoms with Crippen LogP contribution in [-0.2, 0) is 23.3 Å². The summed E-state index contributed by atoms with van der Waals surface area (Å²) in [5.74, 6) is 0.877. The zero-order valence-electron chi connectivity index (χ0n) is 28.6. The van der Waals surface area contributed by atoms with Gasteiger partial charge < -0.3 is 0 Å². The van der Waals surface area contributed by atoms with Crippen LogP contribution in [0.25, 0.3) is 33.9 Å². The van der Waals surface area contributed by atoms with Crippen molar-refractivity contribution in [2.45, 2.75) is 69.3 Å². The summed E-state index contributed by atoms with van der Waals surface area (Å²) in [6.45, 7) is 16.2. The molecule has 1 heterocycles. The molecule has 0 bridgehead atoms. The van der Waals surface area contributed by atoms with Crippen molar-refractivity contribution in [2.75, 3.05) is 0 Å². The van der Waals surface area contributed by atoms with Crippen molar-refractivity contribution in [3.63, 3.8) is 0 Å². The first-order valence-electron chi connectivity index (χ1n) is 17.0. The number of allylic oxidation sites excluding steroid dienone is 1. The van der Waals surface area contributed by atoms with E-state index in [4.69, 9.17) is 17.0 Å². The zero-order valence-corrected chi connectivity index (χ0v) is 34.0. The van der Waals surface area contributed by atoms with Crippen molar-refractivity contribution in [1.82, 2.24) is 0 Å². The van der Waals surface area contributed by atoms with E-state index in [2.05, 4.69) is 158 Å². The molecule has 47 heavy (non-hydrogen) atoms. The summed E-state index contributed by atoms with van der Waals surface area (Å²) in [6, 6.07) is 38.6. The van der Waals surface area contributed by atoms with Crippen molar-refractivity contribution in [2.24, 2.45) is 0 Å². The normalized spacial score (nSPS) is 16.1. The van der Waals surface area contributed by atoms with E-state index in [1.165, 1.54) is 74.9 Å². The average molecular weight is 751 g/mol. The van der Waals surface area contributed by atoms with Crippen LogP contribution >= 0.6 is 17.0 Å². The van der Waals surface area contributed by atoms with Crippen LogP contribution in [0, 0.1) is 0 Å². The Morgan fingerprint density at radius 1 is 0.681 bits per heavy atom. The summed E-state index contributed by atoms with van der Waals surface area (Å²) < 4.78 is 1.24. The van der Waals surface area contributed by atoms with Crippen LogP contribution in [0.3, 0.4) is 0 Å². The third kappa shape index (κ3) is 5.82. The third-order valence-corrected chi connectivity index (χ3v) is 24.5. The standard InChI is InChI=1S/C31H35.C12H9Si.2ClH.Zr/c1-20(2)24-16-25(21(3)4)18-27(17-24)30-28-19-26(22-11-9-8-10-12-22)15-23(28)13-14-29(30)31(5,6)7;1-3-7-11-9(5-1)10-6-2-4-8-12(10)13-11;;;/h8-21H,1-7H3;1-7H,13H2;2*1H;/q;;;;+2/p-2. The molecule has 1 atom stereocenters. The van der Waals surface area contributed by atoms with Crippen molar-refractivity contribution < 1.29 is 17.9 Å². The Balaban J connectivity index is 1.50. The molecule has 1 aliphatic carbocycles. The summed E-state index contributed by atoms with van der Waals surface area (Å²) in [5.41, 5.74) is 14.5. The van der Waals surface area contributed by atoms with Gasteiger partial charge in [-0.1, -0.05) is 0 Å². The summed E-state index contributed by atoms with van der Waals surface area (Å²) >= 11 is -4.20. The Bertz CT molecular complexity index is 2010. The van der Waals surface area contributed by atoms with Gasteiger partial charge in [-0.2, -0.15) is 0 Å². The molecule has 0 nitrogen and oxygen atoms in total. The number of fused-ring (bicyclic) bond motifs is 4. The number of hydrogen-bond donors (Lipinski definition) is 0. The molecule has 1 aliphatic heterocycles. The van der Waals surface area contributed by atoms with Gasteiger partial charge in [0.25, 0.3) is 0 Å². The Kier molecular flexibility index (Phi) is 8.75. The van der Waals surface area contributed by atoms with E-state index in [0.29, 0.717) is 11.8 Å². The van der Waals surface area contributed by atoms with Crippen molar-refractivity contribution in [1.29, 1.82) is 0 Å². The first-order chi connectivity index (χ1) is 22.4. The van der Waals surface area contributed by atoms with E-state index < -0.39 is 27.4 Å². The fraction of sp³-hybridized carbons (Fsp3) is 0.256. The minimum atomic E-state index is -4.20. The molecule has 0 saturated carbocycles. The molecule has 0 amide bonds. The van der Waals surface area contributed by atoms with E-state index in [0.717, 1.165) is 0 Å². The average Bonchev–Trinajstić information content (AvgIpc) is 3.63. The topological polar surface area (TPSA) is 0 Å². The van der Waals surface area contributed by atoms with Crippen LogP contribution < -0.4 is 13.6 Å². The molecule has 7 rings (SSSR count). The second-order valence-electron chi connectivity index (χ2n) is 15.1. The Hall–Kier alpha value is -2.48. The Morgan fingerprint density at radius 2 is 1.32 bits per heavy atom. The zero-order chi connectivity index (χ0) is 33.2. The van der Waals surface area contributed by atoms with E-state index >= 15 is 0 Å². The van der Waals surface area contributed by atoms with E-state index in [-0.39, 0.29) is 9.04 Å². The molecule has 238 valence electrons. The molecule has 5 aromatic carbocycles.